The zero-order valence-electron chi connectivity index (χ0n) is 12.1. The van der Waals surface area contributed by atoms with E-state index in [1.54, 1.807) is 0 Å². The molecule has 1 aliphatic rings. The van der Waals surface area contributed by atoms with Crippen LogP contribution >= 0.6 is 0 Å². The van der Waals surface area contributed by atoms with Gasteiger partial charge in [-0.05, 0) is 24.1 Å². The van der Waals surface area contributed by atoms with Gasteiger partial charge in [-0.15, -0.1) is 0 Å². The van der Waals surface area contributed by atoms with Gasteiger partial charge < -0.3 is 0 Å². The van der Waals surface area contributed by atoms with E-state index in [4.69, 9.17) is 0 Å². The lowest BCUT2D eigenvalue weighted by atomic mass is 10.1. The summed E-state index contributed by atoms with van der Waals surface area (Å²) in [5, 5.41) is 0. The fourth-order valence-electron chi connectivity index (χ4n) is 2.48. The second kappa shape index (κ2) is 6.92. The summed E-state index contributed by atoms with van der Waals surface area (Å²) < 4.78 is 0. The third kappa shape index (κ3) is 4.08. The first-order valence-electron chi connectivity index (χ1n) is 7.42. The van der Waals surface area contributed by atoms with Crippen molar-refractivity contribution in [3.8, 4) is 11.8 Å². The van der Waals surface area contributed by atoms with Gasteiger partial charge in [0.15, 0.2) is 0 Å². The summed E-state index contributed by atoms with van der Waals surface area (Å²) in [7, 11) is 0. The quantitative estimate of drug-likeness (QED) is 0.751. The maximum atomic E-state index is 3.31. The van der Waals surface area contributed by atoms with Gasteiger partial charge in [0.2, 0.25) is 0 Å². The molecule has 0 radical (unpaired) electrons. The summed E-state index contributed by atoms with van der Waals surface area (Å²) in [5.41, 5.74) is 3.73. The molecular formula is C20H19N. The molecule has 0 aromatic heterocycles. The highest BCUT2D eigenvalue weighted by atomic mass is 15.1. The van der Waals surface area contributed by atoms with E-state index in [0.29, 0.717) is 0 Å². The predicted molar refractivity (Wildman–Crippen MR) is 87.7 cm³/mol. The maximum absolute atomic E-state index is 3.31. The van der Waals surface area contributed by atoms with E-state index in [2.05, 4.69) is 65.3 Å². The Bertz CT molecular complexity index is 659. The Balaban J connectivity index is 1.59. The molecule has 0 bridgehead atoms. The van der Waals surface area contributed by atoms with Crippen LogP contribution in [-0.2, 0) is 6.54 Å². The summed E-state index contributed by atoms with van der Waals surface area (Å²) in [6, 6.07) is 20.8. The molecular weight excluding hydrogens is 254 g/mol. The second-order valence-corrected chi connectivity index (χ2v) is 5.32. The van der Waals surface area contributed by atoms with Crippen LogP contribution in [0.2, 0.25) is 0 Å². The second-order valence-electron chi connectivity index (χ2n) is 5.32. The smallest absolute Gasteiger partial charge is 0.0248 e. The van der Waals surface area contributed by atoms with E-state index in [1.807, 2.05) is 18.2 Å². The highest BCUT2D eigenvalue weighted by Gasteiger charge is 2.10. The van der Waals surface area contributed by atoms with Crippen LogP contribution in [0.1, 0.15) is 17.5 Å². The molecule has 21 heavy (non-hydrogen) atoms. The van der Waals surface area contributed by atoms with Crippen molar-refractivity contribution in [3.63, 3.8) is 0 Å². The van der Waals surface area contributed by atoms with Gasteiger partial charge in [0, 0.05) is 30.8 Å². The molecule has 104 valence electrons. The number of nitrogens with zero attached hydrogens (tertiary/aromatic N) is 1. The first-order chi connectivity index (χ1) is 10.4. The minimum Gasteiger partial charge on any atom is -0.295 e. The predicted octanol–water partition coefficient (Wildman–Crippen LogP) is 3.87. The Kier molecular flexibility index (Phi) is 4.51. The number of hydrogen-bond acceptors (Lipinski definition) is 1. The molecule has 1 nitrogen and oxygen atoms in total. The average Bonchev–Trinajstić information content (AvgIpc) is 2.56. The lowest BCUT2D eigenvalue weighted by Crippen LogP contribution is -2.28. The van der Waals surface area contributed by atoms with Crippen LogP contribution in [0, 0.1) is 11.8 Å². The highest BCUT2D eigenvalue weighted by molar-refractivity contribution is 5.41. The van der Waals surface area contributed by atoms with Crippen molar-refractivity contribution in [2.45, 2.75) is 13.0 Å². The van der Waals surface area contributed by atoms with Crippen LogP contribution in [0.4, 0.5) is 0 Å². The van der Waals surface area contributed by atoms with Gasteiger partial charge in [-0.1, -0.05) is 66.4 Å². The third-order valence-corrected chi connectivity index (χ3v) is 3.68. The van der Waals surface area contributed by atoms with Crippen LogP contribution in [0.25, 0.3) is 0 Å². The van der Waals surface area contributed by atoms with Crippen molar-refractivity contribution in [1.82, 2.24) is 4.90 Å². The standard InChI is InChI=1S/C20H19N/c1-3-7-18(8-4-1)11-12-19-13-15-21(16-14-19)17-20-9-5-2-6-10-20/h1-10,13H,14-17H2. The van der Waals surface area contributed by atoms with Crippen molar-refractivity contribution < 1.29 is 0 Å². The summed E-state index contributed by atoms with van der Waals surface area (Å²) in [6.07, 6.45) is 3.31. The molecule has 3 rings (SSSR count). The van der Waals surface area contributed by atoms with Gasteiger partial charge >= 0.3 is 0 Å². The number of rotatable bonds is 2. The molecule has 0 unspecified atom stereocenters. The van der Waals surface area contributed by atoms with E-state index >= 15 is 0 Å². The minimum atomic E-state index is 0.994. The Morgan fingerprint density at radius 3 is 2.24 bits per heavy atom. The number of benzene rings is 2. The normalized spacial score (nSPS) is 15.0. The Morgan fingerprint density at radius 1 is 0.857 bits per heavy atom. The monoisotopic (exact) mass is 273 g/mol. The minimum absolute atomic E-state index is 0.994. The van der Waals surface area contributed by atoms with Crippen molar-refractivity contribution in [1.29, 1.82) is 0 Å². The van der Waals surface area contributed by atoms with Crippen molar-refractivity contribution in [3.05, 3.63) is 83.4 Å². The van der Waals surface area contributed by atoms with E-state index in [0.717, 1.165) is 31.6 Å². The lowest BCUT2D eigenvalue weighted by molar-refractivity contribution is 0.288. The van der Waals surface area contributed by atoms with E-state index in [-0.39, 0.29) is 0 Å². The van der Waals surface area contributed by atoms with Crippen LogP contribution in [0.3, 0.4) is 0 Å². The molecule has 1 heteroatoms. The van der Waals surface area contributed by atoms with E-state index in [9.17, 15) is 0 Å². The summed E-state index contributed by atoms with van der Waals surface area (Å²) in [5.74, 6) is 6.55. The molecule has 0 fully saturated rings. The molecule has 1 aliphatic heterocycles. The van der Waals surface area contributed by atoms with Gasteiger partial charge in [0.05, 0.1) is 0 Å². The van der Waals surface area contributed by atoms with Crippen molar-refractivity contribution in [2.24, 2.45) is 0 Å². The molecule has 2 aromatic carbocycles. The first-order valence-corrected chi connectivity index (χ1v) is 7.42. The molecule has 0 saturated carbocycles. The molecule has 2 aromatic rings. The zero-order valence-corrected chi connectivity index (χ0v) is 12.1. The Labute approximate surface area is 126 Å². The molecule has 0 saturated heterocycles. The third-order valence-electron chi connectivity index (χ3n) is 3.68. The van der Waals surface area contributed by atoms with E-state index < -0.39 is 0 Å². The van der Waals surface area contributed by atoms with Gasteiger partial charge in [-0.2, -0.15) is 0 Å². The number of hydrogen-bond donors (Lipinski definition) is 0. The van der Waals surface area contributed by atoms with Crippen LogP contribution in [0.15, 0.2) is 72.3 Å². The summed E-state index contributed by atoms with van der Waals surface area (Å²) in [4.78, 5) is 2.46. The average molecular weight is 273 g/mol. The molecule has 0 amide bonds. The van der Waals surface area contributed by atoms with Gasteiger partial charge in [0.1, 0.15) is 0 Å². The van der Waals surface area contributed by atoms with Crippen LogP contribution in [-0.4, -0.2) is 18.0 Å². The van der Waals surface area contributed by atoms with Crippen LogP contribution in [0.5, 0.6) is 0 Å². The molecule has 0 spiro atoms. The molecule has 0 N–H and O–H groups in total. The Morgan fingerprint density at radius 2 is 1.57 bits per heavy atom. The lowest BCUT2D eigenvalue weighted by Gasteiger charge is -2.24. The molecule has 0 aliphatic carbocycles. The van der Waals surface area contributed by atoms with Gasteiger partial charge in [0.25, 0.3) is 0 Å². The SMILES string of the molecule is C(#Cc1ccccc1)C1=CCN(Cc2ccccc2)CC1. The van der Waals surface area contributed by atoms with Gasteiger partial charge in [-0.25, -0.2) is 0 Å². The van der Waals surface area contributed by atoms with Gasteiger partial charge in [-0.3, -0.25) is 4.90 Å². The fraction of sp³-hybridized carbons (Fsp3) is 0.200. The fourth-order valence-corrected chi connectivity index (χ4v) is 2.48. The highest BCUT2D eigenvalue weighted by Crippen LogP contribution is 2.13. The molecule has 0 atom stereocenters. The molecule has 1 heterocycles. The Hall–Kier alpha value is -2.30. The van der Waals surface area contributed by atoms with Crippen molar-refractivity contribution in [2.75, 3.05) is 13.1 Å². The topological polar surface area (TPSA) is 3.24 Å². The maximum Gasteiger partial charge on any atom is 0.0248 e. The van der Waals surface area contributed by atoms with Crippen molar-refractivity contribution >= 4 is 0 Å². The zero-order chi connectivity index (χ0) is 14.3. The first kappa shape index (κ1) is 13.7. The summed E-state index contributed by atoms with van der Waals surface area (Å²) >= 11 is 0. The largest absolute Gasteiger partial charge is 0.295 e. The summed E-state index contributed by atoms with van der Waals surface area (Å²) in [6.45, 7) is 3.11. The van der Waals surface area contributed by atoms with E-state index in [1.165, 1.54) is 11.1 Å². The van der Waals surface area contributed by atoms with Crippen LogP contribution < -0.4 is 0 Å².